The molecule has 1 aliphatic heterocycles. The summed E-state index contributed by atoms with van der Waals surface area (Å²) in [6, 6.07) is 7.82. The molecule has 0 aromatic heterocycles. The molecule has 2 rings (SSSR count). The number of fused-ring (bicyclic) bond motifs is 1. The van der Waals surface area contributed by atoms with Crippen molar-refractivity contribution in [3.8, 4) is 0 Å². The number of hydrogen-bond acceptors (Lipinski definition) is 5. The number of esters is 2. The van der Waals surface area contributed by atoms with Gasteiger partial charge in [0.1, 0.15) is 6.10 Å². The summed E-state index contributed by atoms with van der Waals surface area (Å²) in [5.74, 6) is -1.44. The van der Waals surface area contributed by atoms with E-state index in [4.69, 9.17) is 14.2 Å². The normalized spacial score (nSPS) is 16.9. The first kappa shape index (κ1) is 16.1. The van der Waals surface area contributed by atoms with Gasteiger partial charge in [-0.25, -0.2) is 0 Å². The molecular weight excluding hydrogens is 284 g/mol. The van der Waals surface area contributed by atoms with E-state index in [2.05, 4.69) is 0 Å². The van der Waals surface area contributed by atoms with Crippen LogP contribution in [0.4, 0.5) is 0 Å². The third-order valence-corrected chi connectivity index (χ3v) is 3.98. The Morgan fingerprint density at radius 3 is 2.32 bits per heavy atom. The van der Waals surface area contributed by atoms with Crippen LogP contribution in [0, 0.1) is 5.92 Å². The van der Waals surface area contributed by atoms with Crippen LogP contribution in [-0.4, -0.2) is 26.2 Å². The number of carbonyl (C=O) groups excluding carboxylic acids is 2. The topological polar surface area (TPSA) is 61.8 Å². The molecule has 22 heavy (non-hydrogen) atoms. The quantitative estimate of drug-likeness (QED) is 0.632. The molecule has 1 aliphatic rings. The number of rotatable bonds is 4. The lowest BCUT2D eigenvalue weighted by Gasteiger charge is -2.30. The van der Waals surface area contributed by atoms with Gasteiger partial charge in [0.2, 0.25) is 0 Å². The average molecular weight is 304 g/mol. The zero-order valence-electron chi connectivity index (χ0n) is 13.2. The van der Waals surface area contributed by atoms with Crippen LogP contribution in [-0.2, 0) is 23.8 Å². The summed E-state index contributed by atoms with van der Waals surface area (Å²) in [6.07, 6.45) is -0.204. The SMILES string of the molecule is COC(=O)C(CC1OC(C)=C(C)c2ccccc21)C(=O)OC. The number of hydrogen-bond donors (Lipinski definition) is 0. The second-order valence-electron chi connectivity index (χ2n) is 5.21. The van der Waals surface area contributed by atoms with E-state index in [1.807, 2.05) is 38.1 Å². The molecule has 0 bridgehead atoms. The van der Waals surface area contributed by atoms with Crippen molar-refractivity contribution >= 4 is 17.5 Å². The van der Waals surface area contributed by atoms with E-state index in [9.17, 15) is 9.59 Å². The highest BCUT2D eigenvalue weighted by Crippen LogP contribution is 2.39. The van der Waals surface area contributed by atoms with E-state index in [-0.39, 0.29) is 12.5 Å². The van der Waals surface area contributed by atoms with Gasteiger partial charge in [0.25, 0.3) is 0 Å². The Morgan fingerprint density at radius 2 is 1.73 bits per heavy atom. The first-order chi connectivity index (χ1) is 10.5. The molecule has 1 atom stereocenters. The van der Waals surface area contributed by atoms with Gasteiger partial charge in [-0.3, -0.25) is 9.59 Å². The van der Waals surface area contributed by atoms with E-state index in [0.717, 1.165) is 22.5 Å². The fourth-order valence-corrected chi connectivity index (χ4v) is 2.64. The van der Waals surface area contributed by atoms with E-state index in [1.165, 1.54) is 14.2 Å². The monoisotopic (exact) mass is 304 g/mol. The van der Waals surface area contributed by atoms with Crippen molar-refractivity contribution in [3.63, 3.8) is 0 Å². The van der Waals surface area contributed by atoms with Gasteiger partial charge in [-0.1, -0.05) is 24.3 Å². The highest BCUT2D eigenvalue weighted by molar-refractivity contribution is 5.94. The zero-order valence-corrected chi connectivity index (χ0v) is 13.2. The van der Waals surface area contributed by atoms with Gasteiger partial charge in [0.05, 0.1) is 20.0 Å². The molecular formula is C17H20O5. The van der Waals surface area contributed by atoms with Gasteiger partial charge in [0.15, 0.2) is 5.92 Å². The van der Waals surface area contributed by atoms with Crippen LogP contribution in [0.15, 0.2) is 30.0 Å². The summed E-state index contributed by atoms with van der Waals surface area (Å²) in [5.41, 5.74) is 3.09. The molecule has 1 aromatic rings. The minimum absolute atomic E-state index is 0.182. The Hall–Kier alpha value is -2.30. The third kappa shape index (κ3) is 2.98. The summed E-state index contributed by atoms with van der Waals surface area (Å²) in [6.45, 7) is 3.87. The largest absolute Gasteiger partial charge is 0.490 e. The van der Waals surface area contributed by atoms with Crippen molar-refractivity contribution in [2.45, 2.75) is 26.4 Å². The molecule has 0 saturated carbocycles. The maximum Gasteiger partial charge on any atom is 0.320 e. The van der Waals surface area contributed by atoms with Crippen molar-refractivity contribution < 1.29 is 23.8 Å². The highest BCUT2D eigenvalue weighted by atomic mass is 16.5. The Bertz CT molecular complexity index is 601. The summed E-state index contributed by atoms with van der Waals surface area (Å²) >= 11 is 0. The first-order valence-corrected chi connectivity index (χ1v) is 7.08. The maximum absolute atomic E-state index is 11.9. The molecule has 0 radical (unpaired) electrons. The number of benzene rings is 1. The standard InChI is InChI=1S/C17H20O5/c1-10-11(2)22-15(13-8-6-5-7-12(10)13)9-14(16(18)20-3)17(19)21-4/h5-8,14-15H,9H2,1-4H3. The van der Waals surface area contributed by atoms with Gasteiger partial charge in [0, 0.05) is 6.42 Å². The van der Waals surface area contributed by atoms with Crippen molar-refractivity contribution in [1.29, 1.82) is 0 Å². The summed E-state index contributed by atoms with van der Waals surface area (Å²) in [7, 11) is 2.51. The summed E-state index contributed by atoms with van der Waals surface area (Å²) < 4.78 is 15.3. The number of methoxy groups -OCH3 is 2. The Labute approximate surface area is 129 Å². The molecule has 118 valence electrons. The van der Waals surface area contributed by atoms with Crippen LogP contribution in [0.5, 0.6) is 0 Å². The number of carbonyl (C=O) groups is 2. The van der Waals surface area contributed by atoms with Gasteiger partial charge in [-0.05, 0) is 30.5 Å². The van der Waals surface area contributed by atoms with Crippen LogP contribution in [0.3, 0.4) is 0 Å². The van der Waals surface area contributed by atoms with Crippen LogP contribution >= 0.6 is 0 Å². The van der Waals surface area contributed by atoms with Crippen molar-refractivity contribution in [1.82, 2.24) is 0 Å². The number of ether oxygens (including phenoxy) is 3. The maximum atomic E-state index is 11.9. The fraction of sp³-hybridized carbons (Fsp3) is 0.412. The zero-order chi connectivity index (χ0) is 16.3. The number of allylic oxidation sites excluding steroid dienone is 2. The second kappa shape index (κ2) is 6.64. The summed E-state index contributed by atoms with van der Waals surface area (Å²) in [5, 5.41) is 0. The molecule has 0 fully saturated rings. The minimum Gasteiger partial charge on any atom is -0.490 e. The van der Waals surface area contributed by atoms with Gasteiger partial charge in [-0.2, -0.15) is 0 Å². The van der Waals surface area contributed by atoms with Crippen LogP contribution < -0.4 is 0 Å². The predicted molar refractivity (Wildman–Crippen MR) is 80.7 cm³/mol. The third-order valence-electron chi connectivity index (χ3n) is 3.98. The molecule has 0 N–H and O–H groups in total. The smallest absolute Gasteiger partial charge is 0.320 e. The highest BCUT2D eigenvalue weighted by Gasteiger charge is 2.35. The van der Waals surface area contributed by atoms with Crippen molar-refractivity contribution in [2.75, 3.05) is 14.2 Å². The van der Waals surface area contributed by atoms with Crippen LogP contribution in [0.25, 0.3) is 5.57 Å². The van der Waals surface area contributed by atoms with E-state index in [0.29, 0.717) is 0 Å². The molecule has 0 spiro atoms. The van der Waals surface area contributed by atoms with Crippen molar-refractivity contribution in [2.24, 2.45) is 5.92 Å². The average Bonchev–Trinajstić information content (AvgIpc) is 2.55. The van der Waals surface area contributed by atoms with Gasteiger partial charge < -0.3 is 14.2 Å². The lowest BCUT2D eigenvalue weighted by molar-refractivity contribution is -0.160. The van der Waals surface area contributed by atoms with E-state index < -0.39 is 17.9 Å². The van der Waals surface area contributed by atoms with Gasteiger partial charge >= 0.3 is 11.9 Å². The Kier molecular flexibility index (Phi) is 4.85. The van der Waals surface area contributed by atoms with Crippen LogP contribution in [0.2, 0.25) is 0 Å². The minimum atomic E-state index is -1.00. The second-order valence-corrected chi connectivity index (χ2v) is 5.21. The lowest BCUT2D eigenvalue weighted by Crippen LogP contribution is -2.29. The molecule has 1 heterocycles. The van der Waals surface area contributed by atoms with E-state index >= 15 is 0 Å². The predicted octanol–water partition coefficient (Wildman–Crippen LogP) is 2.86. The molecule has 0 saturated heterocycles. The molecule has 0 amide bonds. The molecule has 5 heteroatoms. The Balaban J connectivity index is 2.33. The molecule has 1 unspecified atom stereocenters. The first-order valence-electron chi connectivity index (χ1n) is 7.08. The summed E-state index contributed by atoms with van der Waals surface area (Å²) in [4.78, 5) is 23.7. The molecule has 1 aromatic carbocycles. The molecule has 0 aliphatic carbocycles. The fourth-order valence-electron chi connectivity index (χ4n) is 2.64. The van der Waals surface area contributed by atoms with Gasteiger partial charge in [-0.15, -0.1) is 0 Å². The van der Waals surface area contributed by atoms with Crippen LogP contribution in [0.1, 0.15) is 37.5 Å². The van der Waals surface area contributed by atoms with E-state index in [1.54, 1.807) is 0 Å². The van der Waals surface area contributed by atoms with Crippen molar-refractivity contribution in [3.05, 3.63) is 41.2 Å². The lowest BCUT2D eigenvalue weighted by atomic mass is 9.89. The Morgan fingerprint density at radius 1 is 1.14 bits per heavy atom. The molecule has 5 nitrogen and oxygen atoms in total.